The summed E-state index contributed by atoms with van der Waals surface area (Å²) in [5.41, 5.74) is 0. The van der Waals surface area contributed by atoms with Gasteiger partial charge in [-0.3, -0.25) is 0 Å². The van der Waals surface area contributed by atoms with Crippen LogP contribution in [0, 0.1) is 29.6 Å². The Bertz CT molecular complexity index is 342. The van der Waals surface area contributed by atoms with Crippen LogP contribution in [-0.2, 0) is 9.53 Å². The fraction of sp³-hybridized carbons (Fsp3) is 0.893. The summed E-state index contributed by atoms with van der Waals surface area (Å²) in [4.78, 5) is 8.81. The molecule has 1 aliphatic rings. The van der Waals surface area contributed by atoms with Crippen molar-refractivity contribution in [1.29, 1.82) is 0 Å². The first-order valence-corrected chi connectivity index (χ1v) is 12.9. The van der Waals surface area contributed by atoms with E-state index in [9.17, 15) is 5.11 Å². The van der Waals surface area contributed by atoms with Gasteiger partial charge >= 0.3 is 0 Å². The van der Waals surface area contributed by atoms with Crippen molar-refractivity contribution in [2.45, 2.75) is 113 Å². The fourth-order valence-electron chi connectivity index (χ4n) is 3.94. The first-order chi connectivity index (χ1) is 14.8. The Hall–Kier alpha value is -0.670. The number of allylic oxidation sites excluding steroid dienone is 1. The molecule has 0 aromatic carbocycles. The van der Waals surface area contributed by atoms with Crippen LogP contribution in [-0.4, -0.2) is 31.7 Å². The lowest BCUT2D eigenvalue weighted by atomic mass is 9.74. The first kappa shape index (κ1) is 34.9. The van der Waals surface area contributed by atoms with Crippen LogP contribution >= 0.6 is 0 Å². The Morgan fingerprint density at radius 1 is 1.00 bits per heavy atom. The van der Waals surface area contributed by atoms with Gasteiger partial charge in [-0.05, 0) is 50.4 Å². The number of aliphatic hydroxyl groups is 1. The Labute approximate surface area is 196 Å². The molecule has 0 aliphatic heterocycles. The van der Waals surface area contributed by atoms with Gasteiger partial charge in [0.05, 0.1) is 6.61 Å². The van der Waals surface area contributed by atoms with E-state index in [2.05, 4.69) is 41.2 Å². The van der Waals surface area contributed by atoms with Gasteiger partial charge in [-0.15, -0.1) is 6.58 Å². The van der Waals surface area contributed by atoms with Crippen LogP contribution in [0.1, 0.15) is 113 Å². The molecule has 1 rings (SSSR count). The van der Waals surface area contributed by atoms with E-state index in [-0.39, 0.29) is 6.61 Å². The molecule has 3 nitrogen and oxygen atoms in total. The molecular weight excluding hydrogens is 384 g/mol. The number of rotatable bonds is 11. The maximum atomic E-state index is 9.50. The second-order valence-electron chi connectivity index (χ2n) is 9.30. The van der Waals surface area contributed by atoms with Crippen molar-refractivity contribution < 1.29 is 14.6 Å². The predicted octanol–water partition coefficient (Wildman–Crippen LogP) is 8.10. The summed E-state index contributed by atoms with van der Waals surface area (Å²) in [7, 11) is 1.75. The SMILES string of the molecule is C=CC.CC=O.CCC.CCC(C)CCC(C)CCC1CCC(C(CO)COC)CC1. The lowest BCUT2D eigenvalue weighted by molar-refractivity contribution is -0.106. The molecule has 0 saturated heterocycles. The standard InChI is InChI=1S/C20H40O2.C3H8.C3H6.C2H4O/c1-5-16(2)6-7-17(3)8-9-18-10-12-19(13-11-18)20(14-21)15-22-4;2*1-3-2;1-2-3/h16-21H,5-15H2,1-4H3;3H2,1-2H3;3H,1H2,2H3;2H,1H3. The zero-order valence-corrected chi connectivity index (χ0v) is 22.5. The normalized spacial score (nSPS) is 20.3. The maximum Gasteiger partial charge on any atom is 0.116 e. The molecule has 31 heavy (non-hydrogen) atoms. The molecule has 1 fully saturated rings. The molecule has 3 unspecified atom stereocenters. The van der Waals surface area contributed by atoms with E-state index in [4.69, 9.17) is 9.53 Å². The predicted molar refractivity (Wildman–Crippen MR) is 139 cm³/mol. The Balaban J connectivity index is -0.000000744. The van der Waals surface area contributed by atoms with Gasteiger partial charge < -0.3 is 14.6 Å². The summed E-state index contributed by atoms with van der Waals surface area (Å²) in [6.45, 7) is 19.1. The van der Waals surface area contributed by atoms with E-state index in [1.807, 2.05) is 6.92 Å². The molecule has 0 bridgehead atoms. The number of aliphatic hydroxyl groups excluding tert-OH is 1. The van der Waals surface area contributed by atoms with Crippen LogP contribution in [0.4, 0.5) is 0 Å². The van der Waals surface area contributed by atoms with Crippen molar-refractivity contribution in [3.05, 3.63) is 12.7 Å². The summed E-state index contributed by atoms with van der Waals surface area (Å²) in [5.74, 6) is 3.77. The molecule has 1 saturated carbocycles. The number of hydrogen-bond acceptors (Lipinski definition) is 3. The highest BCUT2D eigenvalue weighted by atomic mass is 16.5. The molecule has 0 aromatic rings. The average Bonchev–Trinajstić information content (AvgIpc) is 2.76. The van der Waals surface area contributed by atoms with E-state index < -0.39 is 0 Å². The van der Waals surface area contributed by atoms with Crippen LogP contribution < -0.4 is 0 Å². The molecule has 3 atom stereocenters. The van der Waals surface area contributed by atoms with Gasteiger partial charge in [0, 0.05) is 19.6 Å². The molecule has 1 N–H and O–H groups in total. The van der Waals surface area contributed by atoms with Gasteiger partial charge in [0.15, 0.2) is 0 Å². The second kappa shape index (κ2) is 27.4. The van der Waals surface area contributed by atoms with Crippen molar-refractivity contribution in [3.63, 3.8) is 0 Å². The largest absolute Gasteiger partial charge is 0.396 e. The Kier molecular flexibility index (Phi) is 30.8. The molecule has 188 valence electrons. The van der Waals surface area contributed by atoms with Crippen LogP contribution in [0.25, 0.3) is 0 Å². The summed E-state index contributed by atoms with van der Waals surface area (Å²) >= 11 is 0. The fourth-order valence-corrected chi connectivity index (χ4v) is 3.94. The molecular formula is C28H58O3. The summed E-state index contributed by atoms with van der Waals surface area (Å²) < 4.78 is 5.25. The number of hydrogen-bond donors (Lipinski definition) is 1. The third-order valence-corrected chi connectivity index (χ3v) is 6.09. The third kappa shape index (κ3) is 23.8. The minimum Gasteiger partial charge on any atom is -0.396 e. The monoisotopic (exact) mass is 442 g/mol. The Morgan fingerprint density at radius 2 is 1.45 bits per heavy atom. The van der Waals surface area contributed by atoms with E-state index in [1.54, 1.807) is 13.2 Å². The minimum absolute atomic E-state index is 0.288. The minimum atomic E-state index is 0.288. The number of methoxy groups -OCH3 is 1. The third-order valence-electron chi connectivity index (χ3n) is 6.09. The number of carbonyl (C=O) groups excluding carboxylic acids is 1. The molecule has 0 heterocycles. The van der Waals surface area contributed by atoms with Gasteiger partial charge in [-0.2, -0.15) is 0 Å². The van der Waals surface area contributed by atoms with Crippen molar-refractivity contribution >= 4 is 6.29 Å². The lowest BCUT2D eigenvalue weighted by Gasteiger charge is -2.33. The summed E-state index contributed by atoms with van der Waals surface area (Å²) in [6, 6.07) is 0. The first-order valence-electron chi connectivity index (χ1n) is 12.9. The molecule has 0 radical (unpaired) electrons. The van der Waals surface area contributed by atoms with E-state index >= 15 is 0 Å². The molecule has 0 aromatic heterocycles. The van der Waals surface area contributed by atoms with Crippen molar-refractivity contribution in [2.75, 3.05) is 20.3 Å². The highest BCUT2D eigenvalue weighted by molar-refractivity contribution is 5.44. The smallest absolute Gasteiger partial charge is 0.116 e. The molecule has 0 spiro atoms. The van der Waals surface area contributed by atoms with Crippen molar-refractivity contribution in [2.24, 2.45) is 29.6 Å². The molecule has 0 amide bonds. The number of carbonyl (C=O) groups is 1. The lowest BCUT2D eigenvalue weighted by Crippen LogP contribution is -2.27. The zero-order valence-electron chi connectivity index (χ0n) is 22.5. The summed E-state index contributed by atoms with van der Waals surface area (Å²) in [6.07, 6.45) is 16.0. The van der Waals surface area contributed by atoms with E-state index in [0.717, 1.165) is 30.6 Å². The van der Waals surface area contributed by atoms with Crippen LogP contribution in [0.15, 0.2) is 12.7 Å². The second-order valence-corrected chi connectivity index (χ2v) is 9.30. The van der Waals surface area contributed by atoms with Crippen molar-refractivity contribution in [1.82, 2.24) is 0 Å². The van der Waals surface area contributed by atoms with E-state index in [0.29, 0.717) is 11.8 Å². The number of ether oxygens (including phenoxy) is 1. The topological polar surface area (TPSA) is 46.5 Å². The average molecular weight is 443 g/mol. The van der Waals surface area contributed by atoms with Gasteiger partial charge in [-0.1, -0.05) is 92.1 Å². The number of aldehydes is 1. The summed E-state index contributed by atoms with van der Waals surface area (Å²) in [5, 5.41) is 9.50. The van der Waals surface area contributed by atoms with Crippen LogP contribution in [0.5, 0.6) is 0 Å². The van der Waals surface area contributed by atoms with Gasteiger partial charge in [0.1, 0.15) is 6.29 Å². The molecule has 1 aliphatic carbocycles. The van der Waals surface area contributed by atoms with E-state index in [1.165, 1.54) is 71.1 Å². The highest BCUT2D eigenvalue weighted by Crippen LogP contribution is 2.36. The zero-order chi connectivity index (χ0) is 24.5. The quantitative estimate of drug-likeness (QED) is 0.260. The van der Waals surface area contributed by atoms with Gasteiger partial charge in [0.25, 0.3) is 0 Å². The maximum absolute atomic E-state index is 9.50. The van der Waals surface area contributed by atoms with Gasteiger partial charge in [-0.25, -0.2) is 0 Å². The van der Waals surface area contributed by atoms with Gasteiger partial charge in [0.2, 0.25) is 0 Å². The highest BCUT2D eigenvalue weighted by Gasteiger charge is 2.27. The Morgan fingerprint density at radius 3 is 1.84 bits per heavy atom. The van der Waals surface area contributed by atoms with Crippen molar-refractivity contribution in [3.8, 4) is 0 Å². The molecule has 3 heteroatoms. The van der Waals surface area contributed by atoms with Crippen LogP contribution in [0.3, 0.4) is 0 Å². The van der Waals surface area contributed by atoms with Crippen LogP contribution in [0.2, 0.25) is 0 Å².